The minimum absolute atomic E-state index is 0.0248. The molecule has 0 heterocycles. The molecule has 0 radical (unpaired) electrons. The van der Waals surface area contributed by atoms with E-state index in [-0.39, 0.29) is 23.8 Å². The number of rotatable bonds is 5. The highest BCUT2D eigenvalue weighted by Gasteiger charge is 2.14. The maximum absolute atomic E-state index is 11.0. The lowest BCUT2D eigenvalue weighted by molar-refractivity contribution is -0.385. The van der Waals surface area contributed by atoms with E-state index >= 15 is 0 Å². The van der Waals surface area contributed by atoms with E-state index in [9.17, 15) is 14.9 Å². The SMILES string of the molecule is O=C(CCl)CCc1ccc(Br)cc1[N+](=O)[O-]. The molecule has 0 spiro atoms. The van der Waals surface area contributed by atoms with E-state index in [4.69, 9.17) is 11.6 Å². The Kier molecular flexibility index (Phi) is 4.89. The predicted molar refractivity (Wildman–Crippen MR) is 64.8 cm³/mol. The van der Waals surface area contributed by atoms with Crippen molar-refractivity contribution in [2.45, 2.75) is 12.8 Å². The van der Waals surface area contributed by atoms with Crippen molar-refractivity contribution >= 4 is 39.0 Å². The topological polar surface area (TPSA) is 60.2 Å². The summed E-state index contributed by atoms with van der Waals surface area (Å²) in [6.07, 6.45) is 0.571. The highest BCUT2D eigenvalue weighted by atomic mass is 79.9. The first-order valence-electron chi connectivity index (χ1n) is 4.55. The summed E-state index contributed by atoms with van der Waals surface area (Å²) < 4.78 is 0.645. The van der Waals surface area contributed by atoms with Crippen LogP contribution < -0.4 is 0 Å². The zero-order chi connectivity index (χ0) is 12.1. The molecule has 16 heavy (non-hydrogen) atoms. The van der Waals surface area contributed by atoms with Crippen molar-refractivity contribution in [3.8, 4) is 0 Å². The molecule has 0 N–H and O–H groups in total. The Morgan fingerprint density at radius 3 is 2.75 bits per heavy atom. The number of hydrogen-bond acceptors (Lipinski definition) is 3. The molecular formula is C10H9BrClNO3. The predicted octanol–water partition coefficient (Wildman–Crippen LogP) is 3.10. The van der Waals surface area contributed by atoms with Gasteiger partial charge < -0.3 is 0 Å². The van der Waals surface area contributed by atoms with E-state index in [1.807, 2.05) is 0 Å². The summed E-state index contributed by atoms with van der Waals surface area (Å²) in [5.74, 6) is -0.163. The standard InChI is InChI=1S/C10H9BrClNO3/c11-8-3-1-7(2-4-9(14)6-12)10(5-8)13(15)16/h1,3,5H,2,4,6H2. The van der Waals surface area contributed by atoms with Gasteiger partial charge in [0.15, 0.2) is 0 Å². The van der Waals surface area contributed by atoms with Crippen molar-refractivity contribution in [1.29, 1.82) is 0 Å². The number of aryl methyl sites for hydroxylation is 1. The molecular weight excluding hydrogens is 297 g/mol. The molecule has 1 aromatic rings. The molecule has 86 valence electrons. The molecule has 0 saturated heterocycles. The second-order valence-corrected chi connectivity index (χ2v) is 4.39. The minimum Gasteiger partial charge on any atom is -0.298 e. The smallest absolute Gasteiger partial charge is 0.273 e. The monoisotopic (exact) mass is 305 g/mol. The molecule has 0 fully saturated rings. The second kappa shape index (κ2) is 5.96. The third kappa shape index (κ3) is 3.57. The fraction of sp³-hybridized carbons (Fsp3) is 0.300. The summed E-state index contributed by atoms with van der Waals surface area (Å²) in [7, 11) is 0. The van der Waals surface area contributed by atoms with Gasteiger partial charge in [0.1, 0.15) is 5.78 Å². The summed E-state index contributed by atoms with van der Waals surface area (Å²) in [6, 6.07) is 4.79. The number of nitro groups is 1. The number of Topliss-reactive ketones (excluding diaryl/α,β-unsaturated/α-hetero) is 1. The van der Waals surface area contributed by atoms with E-state index in [0.29, 0.717) is 16.5 Å². The van der Waals surface area contributed by atoms with Gasteiger partial charge in [-0.2, -0.15) is 0 Å². The zero-order valence-electron chi connectivity index (χ0n) is 8.28. The van der Waals surface area contributed by atoms with E-state index in [1.54, 1.807) is 12.1 Å². The average molecular weight is 307 g/mol. The Labute approximate surface area is 106 Å². The lowest BCUT2D eigenvalue weighted by Gasteiger charge is -2.02. The molecule has 1 aromatic carbocycles. The van der Waals surface area contributed by atoms with Crippen LogP contribution in [0.1, 0.15) is 12.0 Å². The lowest BCUT2D eigenvalue weighted by Crippen LogP contribution is -2.03. The first-order chi connectivity index (χ1) is 7.54. The van der Waals surface area contributed by atoms with Gasteiger partial charge in [-0.05, 0) is 12.5 Å². The second-order valence-electron chi connectivity index (χ2n) is 3.20. The van der Waals surface area contributed by atoms with Gasteiger partial charge >= 0.3 is 0 Å². The Morgan fingerprint density at radius 2 is 2.19 bits per heavy atom. The molecule has 0 amide bonds. The number of alkyl halides is 1. The van der Waals surface area contributed by atoms with Crippen LogP contribution in [0.5, 0.6) is 0 Å². The molecule has 0 bridgehead atoms. The summed E-state index contributed by atoms with van der Waals surface area (Å²) in [6.45, 7) is 0. The Hall–Kier alpha value is -0.940. The maximum atomic E-state index is 11.0. The van der Waals surface area contributed by atoms with Crippen LogP contribution in [-0.2, 0) is 11.2 Å². The first-order valence-corrected chi connectivity index (χ1v) is 5.88. The van der Waals surface area contributed by atoms with Crippen LogP contribution in [0.3, 0.4) is 0 Å². The number of nitro benzene ring substituents is 1. The van der Waals surface area contributed by atoms with Crippen LogP contribution in [0.15, 0.2) is 22.7 Å². The number of nitrogens with zero attached hydrogens (tertiary/aromatic N) is 1. The van der Waals surface area contributed by atoms with Gasteiger partial charge in [0, 0.05) is 22.5 Å². The van der Waals surface area contributed by atoms with Crippen molar-refractivity contribution in [3.05, 3.63) is 38.3 Å². The van der Waals surface area contributed by atoms with Crippen molar-refractivity contribution in [1.82, 2.24) is 0 Å². The van der Waals surface area contributed by atoms with Crippen LogP contribution >= 0.6 is 27.5 Å². The number of carbonyl (C=O) groups excluding carboxylic acids is 1. The van der Waals surface area contributed by atoms with E-state index in [2.05, 4.69) is 15.9 Å². The van der Waals surface area contributed by atoms with Crippen LogP contribution in [0.2, 0.25) is 0 Å². The van der Waals surface area contributed by atoms with Gasteiger partial charge in [-0.3, -0.25) is 14.9 Å². The van der Waals surface area contributed by atoms with E-state index in [1.165, 1.54) is 6.07 Å². The Bertz CT molecular complexity index is 423. The normalized spacial score (nSPS) is 10.1. The molecule has 1 rings (SSSR count). The average Bonchev–Trinajstić information content (AvgIpc) is 2.26. The third-order valence-corrected chi connectivity index (χ3v) is 2.86. The molecule has 6 heteroatoms. The van der Waals surface area contributed by atoms with E-state index < -0.39 is 4.92 Å². The van der Waals surface area contributed by atoms with Gasteiger partial charge in [-0.15, -0.1) is 11.6 Å². The number of halogens is 2. The molecule has 0 unspecified atom stereocenters. The van der Waals surface area contributed by atoms with Gasteiger partial charge in [0.05, 0.1) is 10.8 Å². The first kappa shape index (κ1) is 13.1. The third-order valence-electron chi connectivity index (χ3n) is 2.07. The van der Waals surface area contributed by atoms with Gasteiger partial charge in [-0.25, -0.2) is 0 Å². The number of hydrogen-bond donors (Lipinski definition) is 0. The number of ketones is 1. The molecule has 0 aliphatic heterocycles. The fourth-order valence-electron chi connectivity index (χ4n) is 1.26. The number of benzene rings is 1. The highest BCUT2D eigenvalue weighted by molar-refractivity contribution is 9.10. The molecule has 4 nitrogen and oxygen atoms in total. The quantitative estimate of drug-likeness (QED) is 0.477. The zero-order valence-corrected chi connectivity index (χ0v) is 10.6. The summed E-state index contributed by atoms with van der Waals surface area (Å²) in [4.78, 5) is 21.3. The summed E-state index contributed by atoms with van der Waals surface area (Å²) >= 11 is 8.52. The lowest BCUT2D eigenvalue weighted by atomic mass is 10.1. The molecule has 0 saturated carbocycles. The van der Waals surface area contributed by atoms with Gasteiger partial charge in [0.25, 0.3) is 5.69 Å². The Balaban J connectivity index is 2.87. The molecule has 0 atom stereocenters. The van der Waals surface area contributed by atoms with Crippen molar-refractivity contribution < 1.29 is 9.72 Å². The highest BCUT2D eigenvalue weighted by Crippen LogP contribution is 2.24. The van der Waals surface area contributed by atoms with Gasteiger partial charge in [-0.1, -0.05) is 22.0 Å². The van der Waals surface area contributed by atoms with E-state index in [0.717, 1.165) is 0 Å². The minimum atomic E-state index is -0.453. The molecule has 0 aliphatic carbocycles. The summed E-state index contributed by atoms with van der Waals surface area (Å²) in [5, 5.41) is 10.8. The van der Waals surface area contributed by atoms with Crippen molar-refractivity contribution in [2.24, 2.45) is 0 Å². The van der Waals surface area contributed by atoms with Crippen LogP contribution in [0.25, 0.3) is 0 Å². The van der Waals surface area contributed by atoms with Crippen LogP contribution in [0, 0.1) is 10.1 Å². The molecule has 0 aromatic heterocycles. The van der Waals surface area contributed by atoms with Crippen molar-refractivity contribution in [3.63, 3.8) is 0 Å². The summed E-state index contributed by atoms with van der Waals surface area (Å²) in [5.41, 5.74) is 0.573. The fourth-order valence-corrected chi connectivity index (χ4v) is 1.74. The molecule has 0 aliphatic rings. The van der Waals surface area contributed by atoms with Crippen LogP contribution in [-0.4, -0.2) is 16.6 Å². The number of carbonyl (C=O) groups is 1. The Morgan fingerprint density at radius 1 is 1.50 bits per heavy atom. The van der Waals surface area contributed by atoms with Crippen molar-refractivity contribution in [2.75, 3.05) is 5.88 Å². The largest absolute Gasteiger partial charge is 0.298 e. The van der Waals surface area contributed by atoms with Crippen LogP contribution in [0.4, 0.5) is 5.69 Å². The maximum Gasteiger partial charge on any atom is 0.273 e. The van der Waals surface area contributed by atoms with Gasteiger partial charge in [0.2, 0.25) is 0 Å².